The van der Waals surface area contributed by atoms with Crippen LogP contribution in [0.1, 0.15) is 52.9 Å². The molecule has 0 amide bonds. The summed E-state index contributed by atoms with van der Waals surface area (Å²) in [6, 6.07) is 0.852. The first kappa shape index (κ1) is 11.4. The summed E-state index contributed by atoms with van der Waals surface area (Å²) in [4.78, 5) is 0. The first-order chi connectivity index (χ1) is 7.16. The van der Waals surface area contributed by atoms with E-state index < -0.39 is 0 Å². The van der Waals surface area contributed by atoms with Gasteiger partial charge in [0.25, 0.3) is 0 Å². The maximum Gasteiger partial charge on any atom is 0.00726 e. The molecular formula is C14H27N. The van der Waals surface area contributed by atoms with E-state index in [4.69, 9.17) is 0 Å². The van der Waals surface area contributed by atoms with Crippen molar-refractivity contribution in [1.82, 2.24) is 5.32 Å². The molecule has 1 nitrogen and oxygen atoms in total. The van der Waals surface area contributed by atoms with Crippen LogP contribution < -0.4 is 5.32 Å². The minimum absolute atomic E-state index is 0.852. The van der Waals surface area contributed by atoms with E-state index in [2.05, 4.69) is 26.1 Å². The maximum atomic E-state index is 3.78. The van der Waals surface area contributed by atoms with Crippen molar-refractivity contribution in [3.05, 3.63) is 0 Å². The van der Waals surface area contributed by atoms with E-state index in [0.29, 0.717) is 0 Å². The first-order valence-electron chi connectivity index (χ1n) is 6.90. The summed E-state index contributed by atoms with van der Waals surface area (Å²) in [5, 5.41) is 3.78. The second-order valence-corrected chi connectivity index (χ2v) is 6.25. The maximum absolute atomic E-state index is 3.78. The third-order valence-electron chi connectivity index (χ3n) is 4.83. The number of nitrogens with one attached hydrogen (secondary N) is 1. The molecule has 2 fully saturated rings. The van der Waals surface area contributed by atoms with Gasteiger partial charge in [-0.15, -0.1) is 0 Å². The highest BCUT2D eigenvalue weighted by molar-refractivity contribution is 4.88. The second kappa shape index (κ2) is 4.86. The van der Waals surface area contributed by atoms with E-state index in [1.54, 1.807) is 0 Å². The topological polar surface area (TPSA) is 12.0 Å². The Morgan fingerprint density at radius 2 is 1.93 bits per heavy atom. The Kier molecular flexibility index (Phi) is 3.71. The molecule has 0 spiro atoms. The quantitative estimate of drug-likeness (QED) is 0.748. The molecule has 2 saturated carbocycles. The van der Waals surface area contributed by atoms with Gasteiger partial charge in [0.1, 0.15) is 0 Å². The summed E-state index contributed by atoms with van der Waals surface area (Å²) in [6.07, 6.45) is 7.25. The molecule has 0 aliphatic heterocycles. The molecule has 0 aromatic carbocycles. The van der Waals surface area contributed by atoms with Crippen LogP contribution in [0.4, 0.5) is 0 Å². The molecule has 2 atom stereocenters. The lowest BCUT2D eigenvalue weighted by molar-refractivity contribution is 0.161. The van der Waals surface area contributed by atoms with E-state index >= 15 is 0 Å². The molecule has 2 rings (SSSR count). The van der Waals surface area contributed by atoms with Crippen LogP contribution in [0.2, 0.25) is 0 Å². The fraction of sp³-hybridized carbons (Fsp3) is 1.00. The summed E-state index contributed by atoms with van der Waals surface area (Å²) >= 11 is 0. The van der Waals surface area contributed by atoms with E-state index in [9.17, 15) is 0 Å². The van der Waals surface area contributed by atoms with Gasteiger partial charge in [-0.2, -0.15) is 0 Å². The van der Waals surface area contributed by atoms with Crippen LogP contribution in [0.5, 0.6) is 0 Å². The summed E-state index contributed by atoms with van der Waals surface area (Å²) in [5.74, 6) is 3.85. The number of hydrogen-bond acceptors (Lipinski definition) is 1. The van der Waals surface area contributed by atoms with Crippen LogP contribution in [0, 0.1) is 23.7 Å². The molecule has 2 unspecified atom stereocenters. The highest BCUT2D eigenvalue weighted by atomic mass is 14.9. The zero-order valence-electron chi connectivity index (χ0n) is 10.6. The van der Waals surface area contributed by atoms with Gasteiger partial charge in [0.15, 0.2) is 0 Å². The Labute approximate surface area is 95.0 Å². The van der Waals surface area contributed by atoms with Crippen molar-refractivity contribution in [1.29, 1.82) is 0 Å². The van der Waals surface area contributed by atoms with Crippen molar-refractivity contribution in [2.45, 2.75) is 58.9 Å². The second-order valence-electron chi connectivity index (χ2n) is 6.25. The molecule has 88 valence electrons. The Balaban J connectivity index is 1.60. The molecule has 0 radical (unpaired) electrons. The average molecular weight is 209 g/mol. The fourth-order valence-corrected chi connectivity index (χ4v) is 3.22. The average Bonchev–Trinajstić information content (AvgIpc) is 2.48. The zero-order chi connectivity index (χ0) is 10.8. The van der Waals surface area contributed by atoms with E-state index in [1.807, 2.05) is 0 Å². The Hall–Kier alpha value is -0.0400. The minimum atomic E-state index is 0.852. The van der Waals surface area contributed by atoms with E-state index in [0.717, 1.165) is 29.7 Å². The predicted molar refractivity (Wildman–Crippen MR) is 65.9 cm³/mol. The van der Waals surface area contributed by atoms with Crippen LogP contribution in [-0.2, 0) is 0 Å². The van der Waals surface area contributed by atoms with Crippen molar-refractivity contribution in [3.8, 4) is 0 Å². The molecular weight excluding hydrogens is 182 g/mol. The van der Waals surface area contributed by atoms with Gasteiger partial charge in [0, 0.05) is 6.04 Å². The first-order valence-corrected chi connectivity index (χ1v) is 6.90. The van der Waals surface area contributed by atoms with Gasteiger partial charge in [-0.1, -0.05) is 33.6 Å². The lowest BCUT2D eigenvalue weighted by atomic mass is 9.73. The van der Waals surface area contributed by atoms with Crippen LogP contribution in [0.15, 0.2) is 0 Å². The Morgan fingerprint density at radius 1 is 1.20 bits per heavy atom. The fourth-order valence-electron chi connectivity index (χ4n) is 3.22. The smallest absolute Gasteiger partial charge is 0.00726 e. The molecule has 0 saturated heterocycles. The Morgan fingerprint density at radius 3 is 2.47 bits per heavy atom. The predicted octanol–water partition coefficient (Wildman–Crippen LogP) is 3.45. The van der Waals surface area contributed by atoms with Gasteiger partial charge in [-0.3, -0.25) is 0 Å². The molecule has 1 N–H and O–H groups in total. The van der Waals surface area contributed by atoms with Gasteiger partial charge in [0.2, 0.25) is 0 Å². The molecule has 15 heavy (non-hydrogen) atoms. The summed E-state index contributed by atoms with van der Waals surface area (Å²) < 4.78 is 0. The van der Waals surface area contributed by atoms with Crippen LogP contribution >= 0.6 is 0 Å². The molecule has 2 aliphatic rings. The van der Waals surface area contributed by atoms with Crippen molar-refractivity contribution in [3.63, 3.8) is 0 Å². The summed E-state index contributed by atoms with van der Waals surface area (Å²) in [5.41, 5.74) is 0. The van der Waals surface area contributed by atoms with Gasteiger partial charge < -0.3 is 5.32 Å². The molecule has 0 aromatic rings. The van der Waals surface area contributed by atoms with Crippen LogP contribution in [0.25, 0.3) is 0 Å². The SMILES string of the molecule is CC(C)C1CC(NCC2CCCC2C)C1. The van der Waals surface area contributed by atoms with Crippen molar-refractivity contribution in [2.24, 2.45) is 23.7 Å². The van der Waals surface area contributed by atoms with Crippen LogP contribution in [-0.4, -0.2) is 12.6 Å². The third-order valence-corrected chi connectivity index (χ3v) is 4.83. The lowest BCUT2D eigenvalue weighted by Gasteiger charge is -2.39. The summed E-state index contributed by atoms with van der Waals surface area (Å²) in [6.45, 7) is 8.44. The molecule has 1 heteroatoms. The zero-order valence-corrected chi connectivity index (χ0v) is 10.6. The molecule has 0 heterocycles. The summed E-state index contributed by atoms with van der Waals surface area (Å²) in [7, 11) is 0. The largest absolute Gasteiger partial charge is 0.314 e. The number of hydrogen-bond donors (Lipinski definition) is 1. The standard InChI is InChI=1S/C14H27N/c1-10(2)13-7-14(8-13)15-9-12-6-4-5-11(12)3/h10-15H,4-9H2,1-3H3. The van der Waals surface area contributed by atoms with Gasteiger partial charge in [0.05, 0.1) is 0 Å². The van der Waals surface area contributed by atoms with Crippen molar-refractivity contribution in [2.75, 3.05) is 6.54 Å². The normalized spacial score (nSPS) is 40.8. The van der Waals surface area contributed by atoms with Crippen molar-refractivity contribution < 1.29 is 0 Å². The molecule has 0 aromatic heterocycles. The van der Waals surface area contributed by atoms with E-state index in [-0.39, 0.29) is 0 Å². The number of rotatable bonds is 4. The third kappa shape index (κ3) is 2.75. The highest BCUT2D eigenvalue weighted by Gasteiger charge is 2.32. The molecule has 0 bridgehead atoms. The highest BCUT2D eigenvalue weighted by Crippen LogP contribution is 2.35. The Bertz CT molecular complexity index is 194. The van der Waals surface area contributed by atoms with Crippen molar-refractivity contribution >= 4 is 0 Å². The van der Waals surface area contributed by atoms with Gasteiger partial charge in [-0.25, -0.2) is 0 Å². The van der Waals surface area contributed by atoms with E-state index in [1.165, 1.54) is 38.6 Å². The van der Waals surface area contributed by atoms with Crippen LogP contribution in [0.3, 0.4) is 0 Å². The molecule has 2 aliphatic carbocycles. The van der Waals surface area contributed by atoms with Gasteiger partial charge >= 0.3 is 0 Å². The lowest BCUT2D eigenvalue weighted by Crippen LogP contribution is -2.44. The monoisotopic (exact) mass is 209 g/mol. The minimum Gasteiger partial charge on any atom is -0.314 e. The van der Waals surface area contributed by atoms with Gasteiger partial charge in [-0.05, 0) is 49.5 Å².